The van der Waals surface area contributed by atoms with E-state index in [9.17, 15) is 4.79 Å². The Kier molecular flexibility index (Phi) is 5.30. The zero-order valence-corrected chi connectivity index (χ0v) is 15.7. The Bertz CT molecular complexity index is 992. The topological polar surface area (TPSA) is 72.5 Å². The van der Waals surface area contributed by atoms with Gasteiger partial charge in [-0.05, 0) is 42.0 Å². The summed E-state index contributed by atoms with van der Waals surface area (Å²) in [5.41, 5.74) is 2.21. The van der Waals surface area contributed by atoms with Crippen LogP contribution in [0.4, 0.5) is 11.5 Å². The van der Waals surface area contributed by atoms with Gasteiger partial charge >= 0.3 is 0 Å². The summed E-state index contributed by atoms with van der Waals surface area (Å²) in [5, 5.41) is 6.77. The van der Waals surface area contributed by atoms with Crippen molar-refractivity contribution in [1.29, 1.82) is 0 Å². The highest BCUT2D eigenvalue weighted by atomic mass is 35.5. The van der Waals surface area contributed by atoms with Gasteiger partial charge in [0.15, 0.2) is 11.5 Å². The number of halogens is 1. The van der Waals surface area contributed by atoms with Crippen molar-refractivity contribution in [3.05, 3.63) is 76.9 Å². The number of carbonyl (C=O) groups is 1. The number of anilines is 2. The molecule has 7 heteroatoms. The van der Waals surface area contributed by atoms with Crippen molar-refractivity contribution in [2.45, 2.75) is 6.54 Å². The summed E-state index contributed by atoms with van der Waals surface area (Å²) >= 11 is 5.90. The van der Waals surface area contributed by atoms with E-state index in [0.717, 1.165) is 5.56 Å². The maximum Gasteiger partial charge on any atom is 0.255 e. The summed E-state index contributed by atoms with van der Waals surface area (Å²) in [6.45, 7) is 1.61. The van der Waals surface area contributed by atoms with Gasteiger partial charge in [0.2, 0.25) is 0 Å². The van der Waals surface area contributed by atoms with Crippen LogP contribution in [0, 0.1) is 0 Å². The van der Waals surface area contributed by atoms with Crippen LogP contribution in [0.5, 0.6) is 11.5 Å². The molecule has 0 spiro atoms. The van der Waals surface area contributed by atoms with E-state index in [0.29, 0.717) is 53.3 Å². The third kappa shape index (κ3) is 4.35. The highest BCUT2D eigenvalue weighted by Crippen LogP contribution is 2.32. The zero-order valence-electron chi connectivity index (χ0n) is 14.9. The molecule has 2 heterocycles. The molecule has 1 aromatic heterocycles. The van der Waals surface area contributed by atoms with Gasteiger partial charge in [0.1, 0.15) is 19.0 Å². The molecular weight excluding hydrogens is 378 g/mol. The number of hydrogen-bond donors (Lipinski definition) is 2. The Morgan fingerprint density at radius 3 is 2.61 bits per heavy atom. The number of benzene rings is 2. The Balaban J connectivity index is 1.42. The quantitative estimate of drug-likeness (QED) is 0.671. The highest BCUT2D eigenvalue weighted by Gasteiger charge is 2.14. The first-order valence-electron chi connectivity index (χ1n) is 8.83. The predicted molar refractivity (Wildman–Crippen MR) is 108 cm³/mol. The Hall–Kier alpha value is -3.25. The number of nitrogens with zero attached hydrogens (tertiary/aromatic N) is 1. The van der Waals surface area contributed by atoms with Crippen LogP contribution in [0.1, 0.15) is 15.9 Å². The third-order valence-corrected chi connectivity index (χ3v) is 4.46. The molecule has 2 aromatic carbocycles. The van der Waals surface area contributed by atoms with E-state index >= 15 is 0 Å². The van der Waals surface area contributed by atoms with Crippen LogP contribution in [-0.4, -0.2) is 24.1 Å². The fourth-order valence-corrected chi connectivity index (χ4v) is 2.91. The molecule has 0 atom stereocenters. The fourth-order valence-electron chi connectivity index (χ4n) is 2.79. The van der Waals surface area contributed by atoms with Crippen LogP contribution >= 0.6 is 11.6 Å². The third-order valence-electron chi connectivity index (χ3n) is 4.21. The Morgan fingerprint density at radius 2 is 1.79 bits per heavy atom. The monoisotopic (exact) mass is 395 g/mol. The van der Waals surface area contributed by atoms with Crippen LogP contribution in [0.2, 0.25) is 5.02 Å². The summed E-state index contributed by atoms with van der Waals surface area (Å²) in [7, 11) is 0. The molecule has 6 nitrogen and oxygen atoms in total. The molecule has 0 aliphatic carbocycles. The molecule has 0 unspecified atom stereocenters. The zero-order chi connectivity index (χ0) is 19.3. The van der Waals surface area contributed by atoms with Gasteiger partial charge < -0.3 is 20.1 Å². The number of hydrogen-bond acceptors (Lipinski definition) is 5. The molecular formula is C21H18ClN3O3. The standard InChI is InChI=1S/C21H18ClN3O3/c22-16-3-1-14(2-4-16)13-24-20-11-15(7-8-23-20)21(26)25-17-5-6-18-19(12-17)28-10-9-27-18/h1-8,11-12H,9-10,13H2,(H,23,24)(H,25,26). The number of amides is 1. The van der Waals surface area contributed by atoms with Crippen LogP contribution in [-0.2, 0) is 6.54 Å². The van der Waals surface area contributed by atoms with Crippen LogP contribution in [0.3, 0.4) is 0 Å². The second kappa shape index (κ2) is 8.19. The van der Waals surface area contributed by atoms with E-state index in [1.807, 2.05) is 24.3 Å². The lowest BCUT2D eigenvalue weighted by atomic mass is 10.2. The van der Waals surface area contributed by atoms with Crippen molar-refractivity contribution < 1.29 is 14.3 Å². The van der Waals surface area contributed by atoms with Gasteiger partial charge in [-0.25, -0.2) is 4.98 Å². The molecule has 1 aliphatic heterocycles. The van der Waals surface area contributed by atoms with Crippen molar-refractivity contribution in [3.63, 3.8) is 0 Å². The number of carbonyl (C=O) groups excluding carboxylic acids is 1. The summed E-state index contributed by atoms with van der Waals surface area (Å²) in [6.07, 6.45) is 1.60. The summed E-state index contributed by atoms with van der Waals surface area (Å²) in [4.78, 5) is 16.9. The van der Waals surface area contributed by atoms with Crippen molar-refractivity contribution in [1.82, 2.24) is 4.98 Å². The number of ether oxygens (including phenoxy) is 2. The number of nitrogens with one attached hydrogen (secondary N) is 2. The first-order chi connectivity index (χ1) is 13.7. The average molecular weight is 396 g/mol. The molecule has 1 aliphatic rings. The largest absolute Gasteiger partial charge is 0.486 e. The molecule has 0 saturated heterocycles. The Morgan fingerprint density at radius 1 is 1.00 bits per heavy atom. The smallest absolute Gasteiger partial charge is 0.255 e. The molecule has 4 rings (SSSR count). The summed E-state index contributed by atoms with van der Waals surface area (Å²) < 4.78 is 11.0. The Labute approximate surface area is 167 Å². The van der Waals surface area contributed by atoms with Crippen molar-refractivity contribution in [3.8, 4) is 11.5 Å². The van der Waals surface area contributed by atoms with Gasteiger partial charge in [-0.15, -0.1) is 0 Å². The van der Waals surface area contributed by atoms with E-state index in [1.54, 1.807) is 36.5 Å². The van der Waals surface area contributed by atoms with E-state index < -0.39 is 0 Å². The molecule has 1 amide bonds. The second-order valence-electron chi connectivity index (χ2n) is 6.22. The molecule has 0 bridgehead atoms. The number of rotatable bonds is 5. The number of pyridine rings is 1. The van der Waals surface area contributed by atoms with Crippen molar-refractivity contribution in [2.24, 2.45) is 0 Å². The van der Waals surface area contributed by atoms with E-state index in [4.69, 9.17) is 21.1 Å². The number of fused-ring (bicyclic) bond motifs is 1. The minimum Gasteiger partial charge on any atom is -0.486 e. The summed E-state index contributed by atoms with van der Waals surface area (Å²) in [6, 6.07) is 16.3. The van der Waals surface area contributed by atoms with Crippen LogP contribution in [0.25, 0.3) is 0 Å². The first kappa shape index (κ1) is 18.1. The lowest BCUT2D eigenvalue weighted by Gasteiger charge is -2.19. The lowest BCUT2D eigenvalue weighted by molar-refractivity contribution is 0.102. The maximum absolute atomic E-state index is 12.6. The van der Waals surface area contributed by atoms with Gasteiger partial charge in [0.05, 0.1) is 0 Å². The van der Waals surface area contributed by atoms with Gasteiger partial charge in [-0.1, -0.05) is 23.7 Å². The first-order valence-corrected chi connectivity index (χ1v) is 9.20. The van der Waals surface area contributed by atoms with Gasteiger partial charge in [0, 0.05) is 35.1 Å². The average Bonchev–Trinajstić information content (AvgIpc) is 2.73. The minimum atomic E-state index is -0.228. The van der Waals surface area contributed by atoms with Gasteiger partial charge in [0.25, 0.3) is 5.91 Å². The molecule has 0 radical (unpaired) electrons. The molecule has 142 valence electrons. The van der Waals surface area contributed by atoms with Crippen LogP contribution < -0.4 is 20.1 Å². The second-order valence-corrected chi connectivity index (χ2v) is 6.66. The molecule has 28 heavy (non-hydrogen) atoms. The fraction of sp³-hybridized carbons (Fsp3) is 0.143. The van der Waals surface area contributed by atoms with E-state index in [1.165, 1.54) is 0 Å². The lowest BCUT2D eigenvalue weighted by Crippen LogP contribution is -2.16. The number of aromatic nitrogens is 1. The SMILES string of the molecule is O=C(Nc1ccc2c(c1)OCCO2)c1ccnc(NCc2ccc(Cl)cc2)c1. The van der Waals surface area contributed by atoms with Crippen molar-refractivity contribution >= 4 is 29.0 Å². The van der Waals surface area contributed by atoms with E-state index in [-0.39, 0.29) is 5.91 Å². The molecule has 3 aromatic rings. The van der Waals surface area contributed by atoms with Gasteiger partial charge in [-0.2, -0.15) is 0 Å². The van der Waals surface area contributed by atoms with Crippen molar-refractivity contribution in [2.75, 3.05) is 23.8 Å². The normalized spacial score (nSPS) is 12.3. The maximum atomic E-state index is 12.6. The van der Waals surface area contributed by atoms with Gasteiger partial charge in [-0.3, -0.25) is 4.79 Å². The molecule has 0 saturated carbocycles. The molecule has 0 fully saturated rings. The van der Waals surface area contributed by atoms with Crippen LogP contribution in [0.15, 0.2) is 60.8 Å². The summed E-state index contributed by atoms with van der Waals surface area (Å²) in [5.74, 6) is 1.70. The predicted octanol–water partition coefficient (Wildman–Crippen LogP) is 4.37. The van der Waals surface area contributed by atoms with E-state index in [2.05, 4.69) is 15.6 Å². The highest BCUT2D eigenvalue weighted by molar-refractivity contribution is 6.30. The minimum absolute atomic E-state index is 0.228. The molecule has 2 N–H and O–H groups in total.